The summed E-state index contributed by atoms with van der Waals surface area (Å²) in [6.45, 7) is 1.89. The fraction of sp³-hybridized carbons (Fsp3) is 0.391. The summed E-state index contributed by atoms with van der Waals surface area (Å²) in [6.07, 6.45) is 2.57. The number of aliphatic hydroxyl groups excluding tert-OH is 1. The van der Waals surface area contributed by atoms with Crippen molar-refractivity contribution in [2.75, 3.05) is 27.4 Å². The highest BCUT2D eigenvalue weighted by molar-refractivity contribution is 5.27. The van der Waals surface area contributed by atoms with Gasteiger partial charge in [0.1, 0.15) is 29.8 Å². The Kier molecular flexibility index (Phi) is 8.07. The van der Waals surface area contributed by atoms with Crippen molar-refractivity contribution in [1.82, 2.24) is 0 Å². The first-order chi connectivity index (χ1) is 14.2. The van der Waals surface area contributed by atoms with E-state index in [9.17, 15) is 5.11 Å². The van der Waals surface area contributed by atoms with Gasteiger partial charge in [0, 0.05) is 0 Å². The number of methoxy groups -OCH3 is 2. The van der Waals surface area contributed by atoms with Crippen LogP contribution < -0.4 is 9.47 Å². The molecule has 0 saturated carbocycles. The van der Waals surface area contributed by atoms with Crippen LogP contribution >= 0.6 is 0 Å². The zero-order chi connectivity index (χ0) is 20.5. The SMILES string of the molecule is COc1ccc(COC/C=C/[C@@H](O)[C@H]2O[C@@H]2COCc2ccc(OC)cc2)cc1. The standard InChI is InChI=1S/C23H28O6/c1-25-19-9-5-17(6-10-19)14-27-13-3-4-21(24)23-22(29-23)16-28-15-18-7-11-20(26-2)12-8-18/h3-12,21-24H,13-16H2,1-2H3/b4-3+/t21-,22-,23-/m1/s1. The van der Waals surface area contributed by atoms with Crippen molar-refractivity contribution < 1.29 is 28.8 Å². The van der Waals surface area contributed by atoms with Crippen LogP contribution in [0.4, 0.5) is 0 Å². The van der Waals surface area contributed by atoms with Gasteiger partial charge in [-0.3, -0.25) is 0 Å². The van der Waals surface area contributed by atoms with Gasteiger partial charge in [-0.1, -0.05) is 36.4 Å². The Morgan fingerprint density at radius 3 is 2.00 bits per heavy atom. The van der Waals surface area contributed by atoms with Crippen molar-refractivity contribution in [3.05, 3.63) is 71.8 Å². The second kappa shape index (κ2) is 11.0. The van der Waals surface area contributed by atoms with Gasteiger partial charge in [-0.15, -0.1) is 0 Å². The molecule has 0 amide bonds. The molecule has 156 valence electrons. The summed E-state index contributed by atoms with van der Waals surface area (Å²) in [5, 5.41) is 10.2. The average Bonchev–Trinajstić information content (AvgIpc) is 3.54. The van der Waals surface area contributed by atoms with Crippen LogP contribution in [-0.2, 0) is 27.4 Å². The lowest BCUT2D eigenvalue weighted by Crippen LogP contribution is -2.16. The van der Waals surface area contributed by atoms with Gasteiger partial charge in [-0.25, -0.2) is 0 Å². The monoisotopic (exact) mass is 400 g/mol. The van der Waals surface area contributed by atoms with E-state index < -0.39 is 6.10 Å². The van der Waals surface area contributed by atoms with E-state index in [4.69, 9.17) is 23.7 Å². The number of epoxide rings is 1. The maximum absolute atomic E-state index is 10.2. The first kappa shape index (κ1) is 21.3. The maximum Gasteiger partial charge on any atom is 0.118 e. The van der Waals surface area contributed by atoms with Crippen LogP contribution in [0.3, 0.4) is 0 Å². The Hall–Kier alpha value is -2.38. The predicted octanol–water partition coefficient (Wildman–Crippen LogP) is 3.12. The van der Waals surface area contributed by atoms with Crippen LogP contribution in [0.15, 0.2) is 60.7 Å². The van der Waals surface area contributed by atoms with Crippen LogP contribution in [0.25, 0.3) is 0 Å². The minimum Gasteiger partial charge on any atom is -0.497 e. The highest BCUT2D eigenvalue weighted by Gasteiger charge is 2.43. The van der Waals surface area contributed by atoms with E-state index in [-0.39, 0.29) is 12.2 Å². The number of ether oxygens (including phenoxy) is 5. The first-order valence-electron chi connectivity index (χ1n) is 9.61. The highest BCUT2D eigenvalue weighted by atomic mass is 16.6. The molecule has 29 heavy (non-hydrogen) atoms. The Balaban J connectivity index is 1.27. The van der Waals surface area contributed by atoms with Crippen LogP contribution in [0.5, 0.6) is 11.5 Å². The lowest BCUT2D eigenvalue weighted by molar-refractivity contribution is 0.104. The summed E-state index contributed by atoms with van der Waals surface area (Å²) >= 11 is 0. The zero-order valence-corrected chi connectivity index (χ0v) is 16.8. The Labute approximate surface area is 171 Å². The van der Waals surface area contributed by atoms with Crippen molar-refractivity contribution in [3.8, 4) is 11.5 Å². The van der Waals surface area contributed by atoms with Crippen molar-refractivity contribution in [1.29, 1.82) is 0 Å². The summed E-state index contributed by atoms with van der Waals surface area (Å²) in [6, 6.07) is 15.5. The van der Waals surface area contributed by atoms with Crippen LogP contribution in [0.2, 0.25) is 0 Å². The molecular formula is C23H28O6. The van der Waals surface area contributed by atoms with Gasteiger partial charge in [0.25, 0.3) is 0 Å². The fourth-order valence-electron chi connectivity index (χ4n) is 2.88. The normalized spacial score (nSPS) is 19.3. The molecule has 0 aromatic heterocycles. The third kappa shape index (κ3) is 6.87. The minimum atomic E-state index is -0.658. The first-order valence-corrected chi connectivity index (χ1v) is 9.61. The molecule has 3 atom stereocenters. The molecule has 6 heteroatoms. The second-order valence-electron chi connectivity index (χ2n) is 6.78. The van der Waals surface area contributed by atoms with Gasteiger partial charge in [0.15, 0.2) is 0 Å². The van der Waals surface area contributed by atoms with E-state index in [0.29, 0.717) is 26.4 Å². The van der Waals surface area contributed by atoms with Crippen molar-refractivity contribution in [2.45, 2.75) is 31.5 Å². The van der Waals surface area contributed by atoms with Crippen molar-refractivity contribution >= 4 is 0 Å². The molecule has 6 nitrogen and oxygen atoms in total. The summed E-state index contributed by atoms with van der Waals surface area (Å²) in [5.41, 5.74) is 2.14. The van der Waals surface area contributed by atoms with E-state index in [0.717, 1.165) is 22.6 Å². The molecule has 1 heterocycles. The molecule has 2 aromatic carbocycles. The lowest BCUT2D eigenvalue weighted by Gasteiger charge is -2.05. The van der Waals surface area contributed by atoms with E-state index in [2.05, 4.69) is 0 Å². The molecule has 1 fully saturated rings. The van der Waals surface area contributed by atoms with E-state index in [1.165, 1.54) is 0 Å². The number of rotatable bonds is 12. The quantitative estimate of drug-likeness (QED) is 0.335. The Morgan fingerprint density at radius 1 is 0.897 bits per heavy atom. The molecule has 1 N–H and O–H groups in total. The second-order valence-corrected chi connectivity index (χ2v) is 6.78. The molecule has 0 radical (unpaired) electrons. The molecule has 0 aliphatic carbocycles. The number of benzene rings is 2. The van der Waals surface area contributed by atoms with E-state index in [1.54, 1.807) is 20.3 Å². The Bertz CT molecular complexity index is 756. The van der Waals surface area contributed by atoms with Crippen LogP contribution in [-0.4, -0.2) is 50.9 Å². The molecule has 1 aliphatic rings. The summed E-state index contributed by atoms with van der Waals surface area (Å²) < 4.78 is 27.0. The maximum atomic E-state index is 10.2. The fourth-order valence-corrected chi connectivity index (χ4v) is 2.88. The van der Waals surface area contributed by atoms with Gasteiger partial charge >= 0.3 is 0 Å². The van der Waals surface area contributed by atoms with Gasteiger partial charge < -0.3 is 28.8 Å². The van der Waals surface area contributed by atoms with Crippen molar-refractivity contribution in [2.24, 2.45) is 0 Å². The van der Waals surface area contributed by atoms with Crippen LogP contribution in [0, 0.1) is 0 Å². The lowest BCUT2D eigenvalue weighted by atomic mass is 10.2. The Morgan fingerprint density at radius 2 is 1.45 bits per heavy atom. The average molecular weight is 400 g/mol. The van der Waals surface area contributed by atoms with Crippen LogP contribution in [0.1, 0.15) is 11.1 Å². The van der Waals surface area contributed by atoms with E-state index in [1.807, 2.05) is 54.6 Å². The molecule has 2 aromatic rings. The number of aliphatic hydroxyl groups is 1. The molecule has 1 saturated heterocycles. The predicted molar refractivity (Wildman–Crippen MR) is 109 cm³/mol. The van der Waals surface area contributed by atoms with Gasteiger partial charge in [0.05, 0.1) is 40.6 Å². The number of hydrogen-bond donors (Lipinski definition) is 1. The smallest absolute Gasteiger partial charge is 0.118 e. The topological polar surface area (TPSA) is 69.7 Å². The largest absolute Gasteiger partial charge is 0.497 e. The van der Waals surface area contributed by atoms with Crippen molar-refractivity contribution in [3.63, 3.8) is 0 Å². The molecule has 0 bridgehead atoms. The van der Waals surface area contributed by atoms with Gasteiger partial charge in [-0.2, -0.15) is 0 Å². The van der Waals surface area contributed by atoms with E-state index >= 15 is 0 Å². The minimum absolute atomic E-state index is 0.0758. The molecule has 1 aliphatic heterocycles. The molecule has 0 unspecified atom stereocenters. The molecule has 0 spiro atoms. The zero-order valence-electron chi connectivity index (χ0n) is 16.8. The summed E-state index contributed by atoms with van der Waals surface area (Å²) in [5.74, 6) is 1.64. The third-order valence-corrected chi connectivity index (χ3v) is 4.64. The highest BCUT2D eigenvalue weighted by Crippen LogP contribution is 2.27. The van der Waals surface area contributed by atoms with Gasteiger partial charge in [0.2, 0.25) is 0 Å². The summed E-state index contributed by atoms with van der Waals surface area (Å²) in [7, 11) is 3.28. The third-order valence-electron chi connectivity index (χ3n) is 4.64. The number of hydrogen-bond acceptors (Lipinski definition) is 6. The molecule has 3 rings (SSSR count). The molecular weight excluding hydrogens is 372 g/mol. The van der Waals surface area contributed by atoms with Gasteiger partial charge in [-0.05, 0) is 35.4 Å². The summed E-state index contributed by atoms with van der Waals surface area (Å²) in [4.78, 5) is 0.